The maximum atomic E-state index is 2.00. The van der Waals surface area contributed by atoms with Crippen LogP contribution in [0.4, 0.5) is 0 Å². The van der Waals surface area contributed by atoms with E-state index in [9.17, 15) is 0 Å². The molecule has 0 unspecified atom stereocenters. The van der Waals surface area contributed by atoms with Crippen molar-refractivity contribution >= 4 is 7.41 Å². The van der Waals surface area contributed by atoms with E-state index >= 15 is 0 Å². The van der Waals surface area contributed by atoms with Gasteiger partial charge in [0.1, 0.15) is 0 Å². The maximum absolute atomic E-state index is 2.00. The van der Waals surface area contributed by atoms with Crippen molar-refractivity contribution in [1.29, 1.82) is 0 Å². The molecule has 0 N–H and O–H groups in total. The third-order valence-electron chi connectivity index (χ3n) is 0.516. The molecule has 0 heterocycles. The minimum Gasteiger partial charge on any atom is -0.352 e. The molecule has 0 atom stereocenters. The van der Waals surface area contributed by atoms with Gasteiger partial charge in [-0.05, 0) is 14.1 Å². The number of hydrogen-bond donors (Lipinski definition) is 0. The summed E-state index contributed by atoms with van der Waals surface area (Å²) in [4.78, 5) is 2.00. The van der Waals surface area contributed by atoms with E-state index in [1.807, 2.05) is 33.1 Å². The van der Waals surface area contributed by atoms with Crippen LogP contribution in [-0.4, -0.2) is 26.3 Å². The largest absolute Gasteiger partial charge is 0.352 e. The van der Waals surface area contributed by atoms with Gasteiger partial charge in [0.25, 0.3) is 0 Å². The SMILES string of the molecule is C[B]N(C)C.[U]. The molecular formula is C3H9BNU. The first-order valence-corrected chi connectivity index (χ1v) is 1.73. The molecule has 3 heteroatoms. The first-order chi connectivity index (χ1) is 2.27. The summed E-state index contributed by atoms with van der Waals surface area (Å²) in [6, 6.07) is 0. The summed E-state index contributed by atoms with van der Waals surface area (Å²) >= 11 is 0. The van der Waals surface area contributed by atoms with Gasteiger partial charge >= 0.3 is 0 Å². The molecule has 6 heavy (non-hydrogen) atoms. The molecule has 0 aliphatic carbocycles. The zero-order valence-electron chi connectivity index (χ0n) is 4.52. The Morgan fingerprint density at radius 1 is 1.33 bits per heavy atom. The van der Waals surface area contributed by atoms with Gasteiger partial charge in [0.05, 0.1) is 0 Å². The van der Waals surface area contributed by atoms with E-state index in [4.69, 9.17) is 0 Å². The molecule has 0 aliphatic heterocycles. The summed E-state index contributed by atoms with van der Waals surface area (Å²) in [5.74, 6) is 0. The third kappa shape index (κ3) is 8.91. The molecule has 0 aromatic carbocycles. The van der Waals surface area contributed by atoms with Gasteiger partial charge in [-0.3, -0.25) is 0 Å². The molecule has 0 bridgehead atoms. The molecule has 1 nitrogen and oxygen atoms in total. The molecule has 0 aliphatic rings. The Morgan fingerprint density at radius 2 is 1.50 bits per heavy atom. The Bertz CT molecular complexity index is 24.8. The quantitative estimate of drug-likeness (QED) is 0.626. The van der Waals surface area contributed by atoms with Gasteiger partial charge in [-0.15, -0.1) is 0 Å². The Hall–Kier alpha value is 1.08. The summed E-state index contributed by atoms with van der Waals surface area (Å²) in [7, 11) is 6.00. The van der Waals surface area contributed by atoms with Crippen molar-refractivity contribution in [3.63, 3.8) is 0 Å². The zero-order chi connectivity index (χ0) is 4.28. The van der Waals surface area contributed by atoms with Crippen LogP contribution in [0.2, 0.25) is 6.82 Å². The van der Waals surface area contributed by atoms with Gasteiger partial charge in [0, 0.05) is 31.1 Å². The summed E-state index contributed by atoms with van der Waals surface area (Å²) in [6.45, 7) is 2.00. The first-order valence-electron chi connectivity index (χ1n) is 1.73. The summed E-state index contributed by atoms with van der Waals surface area (Å²) in [5, 5.41) is 0. The number of nitrogens with zero attached hydrogens (tertiary/aromatic N) is 1. The van der Waals surface area contributed by atoms with Crippen molar-refractivity contribution in [1.82, 2.24) is 4.81 Å². The summed E-state index contributed by atoms with van der Waals surface area (Å²) in [5.41, 5.74) is 0. The average molecular weight is 308 g/mol. The Kier molecular flexibility index (Phi) is 10.3. The fourth-order valence-electron chi connectivity index (χ4n) is 0. The Morgan fingerprint density at radius 3 is 1.50 bits per heavy atom. The minimum absolute atomic E-state index is 0. The van der Waals surface area contributed by atoms with E-state index in [0.29, 0.717) is 0 Å². The van der Waals surface area contributed by atoms with Crippen molar-refractivity contribution < 1.29 is 31.1 Å². The Labute approximate surface area is 64.1 Å². The van der Waals surface area contributed by atoms with Gasteiger partial charge in [-0.25, -0.2) is 0 Å². The zero-order valence-corrected chi connectivity index (χ0v) is 8.69. The normalized spacial score (nSPS) is 7.33. The maximum Gasteiger partial charge on any atom is 0.204 e. The number of rotatable bonds is 1. The second-order valence-electron chi connectivity index (χ2n) is 1.22. The van der Waals surface area contributed by atoms with Crippen LogP contribution in [-0.2, 0) is 0 Å². The van der Waals surface area contributed by atoms with Crippen molar-refractivity contribution in [2.75, 3.05) is 14.1 Å². The van der Waals surface area contributed by atoms with Crippen molar-refractivity contribution in [2.45, 2.75) is 6.82 Å². The van der Waals surface area contributed by atoms with E-state index in [1.54, 1.807) is 0 Å². The van der Waals surface area contributed by atoms with Gasteiger partial charge < -0.3 is 4.81 Å². The van der Waals surface area contributed by atoms with E-state index < -0.39 is 0 Å². The van der Waals surface area contributed by atoms with Crippen LogP contribution in [0.15, 0.2) is 0 Å². The second-order valence-corrected chi connectivity index (χ2v) is 1.22. The van der Waals surface area contributed by atoms with Crippen LogP contribution in [0.1, 0.15) is 0 Å². The van der Waals surface area contributed by atoms with E-state index in [-0.39, 0.29) is 31.1 Å². The molecule has 33 valence electrons. The summed E-state index contributed by atoms with van der Waals surface area (Å²) in [6.07, 6.45) is 0. The molecule has 0 amide bonds. The first kappa shape index (κ1) is 10.1. The molecular weight excluding hydrogens is 299 g/mol. The van der Waals surface area contributed by atoms with E-state index in [0.717, 1.165) is 0 Å². The van der Waals surface area contributed by atoms with Crippen molar-refractivity contribution in [3.8, 4) is 0 Å². The van der Waals surface area contributed by atoms with Crippen LogP contribution in [0.5, 0.6) is 0 Å². The minimum atomic E-state index is 0. The monoisotopic (exact) mass is 308 g/mol. The average Bonchev–Trinajstić information content (AvgIpc) is 1.38. The van der Waals surface area contributed by atoms with Gasteiger partial charge in [-0.1, -0.05) is 6.82 Å². The summed E-state index contributed by atoms with van der Waals surface area (Å²) < 4.78 is 0. The second kappa shape index (κ2) is 6.08. The topological polar surface area (TPSA) is 3.24 Å². The molecule has 0 rings (SSSR count). The van der Waals surface area contributed by atoms with Crippen LogP contribution in [0.3, 0.4) is 0 Å². The molecule has 0 spiro atoms. The fraction of sp³-hybridized carbons (Fsp3) is 1.00. The molecule has 0 aromatic rings. The van der Waals surface area contributed by atoms with E-state index in [2.05, 4.69) is 0 Å². The van der Waals surface area contributed by atoms with Crippen LogP contribution >= 0.6 is 0 Å². The molecule has 0 fully saturated rings. The van der Waals surface area contributed by atoms with Gasteiger partial charge in [0.15, 0.2) is 0 Å². The predicted octanol–water partition coefficient (Wildman–Crippen LogP) is 0.215. The van der Waals surface area contributed by atoms with Gasteiger partial charge in [0.2, 0.25) is 7.41 Å². The van der Waals surface area contributed by atoms with Crippen molar-refractivity contribution in [3.05, 3.63) is 0 Å². The third-order valence-corrected chi connectivity index (χ3v) is 0.516. The Balaban J connectivity index is 0. The van der Waals surface area contributed by atoms with Crippen molar-refractivity contribution in [2.24, 2.45) is 0 Å². The van der Waals surface area contributed by atoms with Crippen LogP contribution in [0, 0.1) is 31.1 Å². The molecule has 0 saturated carbocycles. The van der Waals surface area contributed by atoms with E-state index in [1.165, 1.54) is 0 Å². The molecule has 1 radical (unpaired) electrons. The molecule has 0 aromatic heterocycles. The predicted molar refractivity (Wildman–Crippen MR) is 25.3 cm³/mol. The molecule has 0 saturated heterocycles. The number of hydrogen-bond acceptors (Lipinski definition) is 1. The standard InChI is InChI=1S/C3H9BN.U/c1-4-5(2)3;/h1-3H3;. The van der Waals surface area contributed by atoms with Crippen LogP contribution < -0.4 is 0 Å². The van der Waals surface area contributed by atoms with Gasteiger partial charge in [-0.2, -0.15) is 0 Å². The fourth-order valence-corrected chi connectivity index (χ4v) is 0. The smallest absolute Gasteiger partial charge is 0.204 e. The van der Waals surface area contributed by atoms with Crippen LogP contribution in [0.25, 0.3) is 0 Å².